The van der Waals surface area contributed by atoms with E-state index in [0.29, 0.717) is 19.8 Å². The molecule has 0 unspecified atom stereocenters. The Morgan fingerprint density at radius 2 is 1.77 bits per heavy atom. The second-order valence-electron chi connectivity index (χ2n) is 5.29. The van der Waals surface area contributed by atoms with Crippen molar-refractivity contribution in [1.29, 1.82) is 0 Å². The average Bonchev–Trinajstić information content (AvgIpc) is 2.90. The van der Waals surface area contributed by atoms with E-state index in [9.17, 15) is 0 Å². The Labute approximate surface area is 128 Å². The molecule has 0 aliphatic carbocycles. The van der Waals surface area contributed by atoms with Crippen LogP contribution in [0.3, 0.4) is 0 Å². The number of imidazole rings is 1. The Morgan fingerprint density at radius 3 is 2.50 bits per heavy atom. The number of benzene rings is 2. The zero-order valence-corrected chi connectivity index (χ0v) is 12.2. The lowest BCUT2D eigenvalue weighted by molar-refractivity contribution is 0.172. The molecule has 1 aliphatic heterocycles. The molecular weight excluding hydrogens is 278 g/mol. The van der Waals surface area contributed by atoms with Crippen LogP contribution in [0.25, 0.3) is 11.0 Å². The van der Waals surface area contributed by atoms with E-state index >= 15 is 0 Å². The molecule has 0 bridgehead atoms. The number of rotatable bonds is 3. The minimum Gasteiger partial charge on any atom is -0.486 e. The van der Waals surface area contributed by atoms with E-state index in [4.69, 9.17) is 15.2 Å². The molecule has 0 amide bonds. The fourth-order valence-electron chi connectivity index (χ4n) is 2.81. The third-order valence-electron chi connectivity index (χ3n) is 3.86. The van der Waals surface area contributed by atoms with Gasteiger partial charge in [-0.2, -0.15) is 0 Å². The Hall–Kier alpha value is -2.53. The molecule has 0 radical (unpaired) electrons. The molecule has 4 rings (SSSR count). The van der Waals surface area contributed by atoms with Crippen molar-refractivity contribution in [2.24, 2.45) is 5.73 Å². The molecule has 1 aromatic heterocycles. The molecule has 0 atom stereocenters. The quantitative estimate of drug-likeness (QED) is 0.805. The molecule has 0 spiro atoms. The number of hydrogen-bond donors (Lipinski definition) is 1. The van der Waals surface area contributed by atoms with Gasteiger partial charge in [-0.05, 0) is 5.56 Å². The fraction of sp³-hybridized carbons (Fsp3) is 0.235. The van der Waals surface area contributed by atoms with Gasteiger partial charge < -0.3 is 19.8 Å². The van der Waals surface area contributed by atoms with Crippen molar-refractivity contribution >= 4 is 11.0 Å². The first-order valence-corrected chi connectivity index (χ1v) is 7.38. The normalized spacial score (nSPS) is 13.5. The van der Waals surface area contributed by atoms with E-state index in [1.54, 1.807) is 0 Å². The predicted octanol–water partition coefficient (Wildman–Crippen LogP) is 2.31. The summed E-state index contributed by atoms with van der Waals surface area (Å²) in [4.78, 5) is 4.64. The number of ether oxygens (including phenoxy) is 2. The van der Waals surface area contributed by atoms with Crippen molar-refractivity contribution in [1.82, 2.24) is 9.55 Å². The lowest BCUT2D eigenvalue weighted by Crippen LogP contribution is -2.15. The summed E-state index contributed by atoms with van der Waals surface area (Å²) in [6, 6.07) is 14.2. The maximum atomic E-state index is 5.88. The average molecular weight is 295 g/mol. The van der Waals surface area contributed by atoms with Gasteiger partial charge in [0.1, 0.15) is 19.0 Å². The SMILES string of the molecule is NCc1nc2cc3c(cc2n1Cc1ccccc1)OCCO3. The molecule has 2 N–H and O–H groups in total. The summed E-state index contributed by atoms with van der Waals surface area (Å²) in [7, 11) is 0. The second-order valence-corrected chi connectivity index (χ2v) is 5.29. The van der Waals surface area contributed by atoms with Crippen LogP contribution in [0.15, 0.2) is 42.5 Å². The summed E-state index contributed by atoms with van der Waals surface area (Å²) < 4.78 is 13.5. The maximum Gasteiger partial charge on any atom is 0.163 e. The van der Waals surface area contributed by atoms with Crippen LogP contribution >= 0.6 is 0 Å². The molecule has 5 nitrogen and oxygen atoms in total. The number of hydrogen-bond acceptors (Lipinski definition) is 4. The van der Waals surface area contributed by atoms with Gasteiger partial charge in [0.15, 0.2) is 11.5 Å². The van der Waals surface area contributed by atoms with Gasteiger partial charge in [0.25, 0.3) is 0 Å². The molecule has 2 aromatic carbocycles. The van der Waals surface area contributed by atoms with E-state index in [1.807, 2.05) is 30.3 Å². The summed E-state index contributed by atoms with van der Waals surface area (Å²) in [6.45, 7) is 2.29. The second kappa shape index (κ2) is 5.35. The van der Waals surface area contributed by atoms with Gasteiger partial charge in [-0.1, -0.05) is 30.3 Å². The Kier molecular flexibility index (Phi) is 3.20. The topological polar surface area (TPSA) is 62.3 Å². The molecule has 0 fully saturated rings. The lowest BCUT2D eigenvalue weighted by Gasteiger charge is -2.18. The van der Waals surface area contributed by atoms with Gasteiger partial charge in [-0.25, -0.2) is 4.98 Å². The number of fused-ring (bicyclic) bond motifs is 2. The van der Waals surface area contributed by atoms with E-state index < -0.39 is 0 Å². The lowest BCUT2D eigenvalue weighted by atomic mass is 10.2. The molecule has 22 heavy (non-hydrogen) atoms. The molecule has 1 aliphatic rings. The van der Waals surface area contributed by atoms with Crippen LogP contribution < -0.4 is 15.2 Å². The van der Waals surface area contributed by atoms with Gasteiger partial charge in [0.2, 0.25) is 0 Å². The molecular formula is C17H17N3O2. The van der Waals surface area contributed by atoms with Crippen molar-refractivity contribution in [3.8, 4) is 11.5 Å². The Balaban J connectivity index is 1.84. The first-order chi connectivity index (χ1) is 10.8. The van der Waals surface area contributed by atoms with Crippen LogP contribution in [0.5, 0.6) is 11.5 Å². The highest BCUT2D eigenvalue weighted by Gasteiger charge is 2.17. The van der Waals surface area contributed by atoms with Crippen molar-refractivity contribution < 1.29 is 9.47 Å². The third-order valence-corrected chi connectivity index (χ3v) is 3.86. The van der Waals surface area contributed by atoms with Crippen LogP contribution in [-0.4, -0.2) is 22.8 Å². The van der Waals surface area contributed by atoms with Gasteiger partial charge >= 0.3 is 0 Å². The van der Waals surface area contributed by atoms with E-state index in [-0.39, 0.29) is 0 Å². The first-order valence-electron chi connectivity index (χ1n) is 7.38. The number of nitrogens with zero attached hydrogens (tertiary/aromatic N) is 2. The molecule has 3 aromatic rings. The molecule has 2 heterocycles. The van der Waals surface area contributed by atoms with Crippen molar-refractivity contribution in [2.45, 2.75) is 13.1 Å². The molecule has 112 valence electrons. The third kappa shape index (κ3) is 2.19. The van der Waals surface area contributed by atoms with Crippen LogP contribution in [0.4, 0.5) is 0 Å². The van der Waals surface area contributed by atoms with Crippen LogP contribution in [0.1, 0.15) is 11.4 Å². The highest BCUT2D eigenvalue weighted by molar-refractivity contribution is 5.81. The largest absolute Gasteiger partial charge is 0.486 e. The maximum absolute atomic E-state index is 5.88. The summed E-state index contributed by atoms with van der Waals surface area (Å²) in [5.74, 6) is 2.39. The van der Waals surface area contributed by atoms with Crippen LogP contribution in [0, 0.1) is 0 Å². The minimum absolute atomic E-state index is 0.397. The zero-order valence-electron chi connectivity index (χ0n) is 12.2. The van der Waals surface area contributed by atoms with Gasteiger partial charge in [0.05, 0.1) is 17.6 Å². The monoisotopic (exact) mass is 295 g/mol. The summed E-state index contributed by atoms with van der Waals surface area (Å²) in [5, 5.41) is 0. The molecule has 5 heteroatoms. The fourth-order valence-corrected chi connectivity index (χ4v) is 2.81. The Morgan fingerprint density at radius 1 is 1.05 bits per heavy atom. The first kappa shape index (κ1) is 13.2. The summed E-state index contributed by atoms with van der Waals surface area (Å²) >= 11 is 0. The van der Waals surface area contributed by atoms with E-state index in [2.05, 4.69) is 21.7 Å². The summed E-state index contributed by atoms with van der Waals surface area (Å²) in [5.41, 5.74) is 9.00. The van der Waals surface area contributed by atoms with Crippen molar-refractivity contribution in [3.05, 3.63) is 53.9 Å². The van der Waals surface area contributed by atoms with Crippen molar-refractivity contribution in [3.63, 3.8) is 0 Å². The highest BCUT2D eigenvalue weighted by atomic mass is 16.6. The Bertz CT molecular complexity index is 812. The molecule has 0 saturated carbocycles. The van der Waals surface area contributed by atoms with Crippen LogP contribution in [0.2, 0.25) is 0 Å². The molecule has 0 saturated heterocycles. The predicted molar refractivity (Wildman–Crippen MR) is 84.2 cm³/mol. The minimum atomic E-state index is 0.397. The van der Waals surface area contributed by atoms with Crippen LogP contribution in [-0.2, 0) is 13.1 Å². The van der Waals surface area contributed by atoms with Gasteiger partial charge in [-0.15, -0.1) is 0 Å². The number of aromatic nitrogens is 2. The van der Waals surface area contributed by atoms with Gasteiger partial charge in [0, 0.05) is 18.7 Å². The summed E-state index contributed by atoms with van der Waals surface area (Å²) in [6.07, 6.45) is 0. The smallest absolute Gasteiger partial charge is 0.163 e. The standard InChI is InChI=1S/C17H17N3O2/c18-10-17-19-13-8-15-16(22-7-6-21-15)9-14(13)20(17)11-12-4-2-1-3-5-12/h1-5,8-9H,6-7,10-11,18H2. The van der Waals surface area contributed by atoms with Crippen molar-refractivity contribution in [2.75, 3.05) is 13.2 Å². The van der Waals surface area contributed by atoms with Gasteiger partial charge in [-0.3, -0.25) is 0 Å². The van der Waals surface area contributed by atoms with E-state index in [0.717, 1.165) is 34.9 Å². The van der Waals surface area contributed by atoms with E-state index in [1.165, 1.54) is 5.56 Å². The number of nitrogens with two attached hydrogens (primary N) is 1. The highest BCUT2D eigenvalue weighted by Crippen LogP contribution is 2.35. The zero-order chi connectivity index (χ0) is 14.9.